The summed E-state index contributed by atoms with van der Waals surface area (Å²) < 4.78 is 0. The van der Waals surface area contributed by atoms with E-state index >= 15 is 0 Å². The summed E-state index contributed by atoms with van der Waals surface area (Å²) in [5.41, 5.74) is 5.84. The topological polar surface area (TPSA) is 76.7 Å². The molecule has 0 radical (unpaired) electrons. The molecule has 0 spiro atoms. The van der Waals surface area contributed by atoms with Gasteiger partial charge in [-0.2, -0.15) is 15.0 Å². The molecule has 0 aliphatic carbocycles. The zero-order valence-corrected chi connectivity index (χ0v) is 18.5. The Hall–Kier alpha value is -1.04. The fraction of sp³-hybridized carbons (Fsp3) is 0.857. The number of nitrogens with one attached hydrogen (secondary N) is 1. The molecule has 3 N–H and O–H groups in total. The lowest BCUT2D eigenvalue weighted by molar-refractivity contribution is 0.586. The lowest BCUT2D eigenvalue weighted by Gasteiger charge is -2.07. The van der Waals surface area contributed by atoms with Gasteiger partial charge in [-0.05, 0) is 12.8 Å². The number of hydrogen-bond donors (Lipinski definition) is 2. The molecule has 27 heavy (non-hydrogen) atoms. The average molecular weight is 396 g/mol. The number of aromatic nitrogens is 3. The summed E-state index contributed by atoms with van der Waals surface area (Å²) in [4.78, 5) is 13.0. The molecule has 1 heterocycles. The van der Waals surface area contributed by atoms with E-state index in [1.807, 2.05) is 0 Å². The van der Waals surface area contributed by atoms with Crippen molar-refractivity contribution in [3.8, 4) is 0 Å². The van der Waals surface area contributed by atoms with E-state index in [1.165, 1.54) is 83.5 Å². The molecule has 0 saturated carbocycles. The third-order valence-corrected chi connectivity index (χ3v) is 5.61. The van der Waals surface area contributed by atoms with Crippen molar-refractivity contribution in [2.75, 3.05) is 23.3 Å². The highest BCUT2D eigenvalue weighted by molar-refractivity contribution is 7.99. The molecule has 0 saturated heterocycles. The highest BCUT2D eigenvalue weighted by Gasteiger charge is 2.05. The van der Waals surface area contributed by atoms with Crippen molar-refractivity contribution < 1.29 is 0 Å². The molecular weight excluding hydrogens is 354 g/mol. The Kier molecular flexibility index (Phi) is 15.2. The lowest BCUT2D eigenvalue weighted by atomic mass is 10.1. The zero-order chi connectivity index (χ0) is 19.6. The van der Waals surface area contributed by atoms with E-state index in [0.29, 0.717) is 11.9 Å². The fourth-order valence-electron chi connectivity index (χ4n) is 3.02. The number of unbranched alkanes of at least 4 members (excludes halogenated alkanes) is 12. The summed E-state index contributed by atoms with van der Waals surface area (Å²) in [7, 11) is 0. The van der Waals surface area contributed by atoms with E-state index in [2.05, 4.69) is 34.1 Å². The van der Waals surface area contributed by atoms with Crippen LogP contribution in [-0.4, -0.2) is 27.2 Å². The summed E-state index contributed by atoms with van der Waals surface area (Å²) in [6, 6.07) is 0. The van der Waals surface area contributed by atoms with E-state index < -0.39 is 0 Å². The monoisotopic (exact) mass is 395 g/mol. The Balaban J connectivity index is 2.13. The van der Waals surface area contributed by atoms with Crippen molar-refractivity contribution in [1.29, 1.82) is 0 Å². The van der Waals surface area contributed by atoms with Crippen LogP contribution < -0.4 is 11.1 Å². The maximum Gasteiger partial charge on any atom is 0.228 e. The van der Waals surface area contributed by atoms with Gasteiger partial charge in [0.15, 0.2) is 5.16 Å². The van der Waals surface area contributed by atoms with Gasteiger partial charge in [-0.3, -0.25) is 0 Å². The van der Waals surface area contributed by atoms with Gasteiger partial charge in [0, 0.05) is 12.3 Å². The second-order valence-electron chi connectivity index (χ2n) is 7.32. The van der Waals surface area contributed by atoms with Crippen LogP contribution in [0.4, 0.5) is 11.9 Å². The number of hydrogen-bond acceptors (Lipinski definition) is 6. The van der Waals surface area contributed by atoms with Gasteiger partial charge in [0.2, 0.25) is 11.9 Å². The van der Waals surface area contributed by atoms with Gasteiger partial charge in [-0.1, -0.05) is 103 Å². The first-order valence-electron chi connectivity index (χ1n) is 11.1. The molecule has 0 amide bonds. The van der Waals surface area contributed by atoms with E-state index in [4.69, 9.17) is 5.73 Å². The molecule has 0 bridgehead atoms. The summed E-state index contributed by atoms with van der Waals surface area (Å²) in [6.45, 7) is 5.41. The maximum atomic E-state index is 5.84. The number of nitrogen functional groups attached to an aromatic ring is 1. The van der Waals surface area contributed by atoms with Gasteiger partial charge in [0.05, 0.1) is 0 Å². The van der Waals surface area contributed by atoms with Crippen molar-refractivity contribution >= 4 is 23.7 Å². The molecule has 1 aromatic rings. The van der Waals surface area contributed by atoms with Crippen LogP contribution in [0.15, 0.2) is 5.16 Å². The first-order valence-corrected chi connectivity index (χ1v) is 12.1. The predicted molar refractivity (Wildman–Crippen MR) is 119 cm³/mol. The highest BCUT2D eigenvalue weighted by Crippen LogP contribution is 2.18. The van der Waals surface area contributed by atoms with Crippen LogP contribution in [0.1, 0.15) is 104 Å². The minimum Gasteiger partial charge on any atom is -0.368 e. The zero-order valence-electron chi connectivity index (χ0n) is 17.6. The van der Waals surface area contributed by atoms with Crippen LogP contribution in [0.2, 0.25) is 0 Å². The second kappa shape index (κ2) is 17.1. The van der Waals surface area contributed by atoms with Crippen molar-refractivity contribution in [2.24, 2.45) is 0 Å². The van der Waals surface area contributed by atoms with Gasteiger partial charge in [-0.25, -0.2) is 0 Å². The SMILES string of the molecule is CCCCCCCCCCSc1nc(N)nc(NCCCCCCCC)n1. The average Bonchev–Trinajstić information content (AvgIpc) is 2.65. The maximum absolute atomic E-state index is 5.84. The Labute approximate surface area is 171 Å². The van der Waals surface area contributed by atoms with Crippen LogP contribution in [0.5, 0.6) is 0 Å². The van der Waals surface area contributed by atoms with E-state index in [-0.39, 0.29) is 0 Å². The van der Waals surface area contributed by atoms with Crippen LogP contribution in [0.25, 0.3) is 0 Å². The molecule has 0 aliphatic rings. The molecule has 0 aliphatic heterocycles. The van der Waals surface area contributed by atoms with Gasteiger partial charge in [0.1, 0.15) is 0 Å². The molecule has 0 atom stereocenters. The summed E-state index contributed by atoms with van der Waals surface area (Å²) >= 11 is 1.69. The third kappa shape index (κ3) is 13.7. The van der Waals surface area contributed by atoms with Crippen molar-refractivity contribution in [1.82, 2.24) is 15.0 Å². The van der Waals surface area contributed by atoms with Crippen LogP contribution >= 0.6 is 11.8 Å². The molecule has 156 valence electrons. The molecule has 6 heteroatoms. The van der Waals surface area contributed by atoms with Gasteiger partial charge in [0.25, 0.3) is 0 Å². The minimum atomic E-state index is 0.314. The van der Waals surface area contributed by atoms with Crippen LogP contribution in [-0.2, 0) is 0 Å². The predicted octanol–water partition coefficient (Wildman–Crippen LogP) is 6.46. The minimum absolute atomic E-state index is 0.314. The smallest absolute Gasteiger partial charge is 0.228 e. The molecule has 1 rings (SSSR count). The molecule has 0 unspecified atom stereocenters. The summed E-state index contributed by atoms with van der Waals surface area (Å²) in [5, 5.41) is 4.04. The third-order valence-electron chi connectivity index (χ3n) is 4.67. The fourth-order valence-corrected chi connectivity index (χ4v) is 3.86. The molecular formula is C21H41N5S. The van der Waals surface area contributed by atoms with Gasteiger partial charge < -0.3 is 11.1 Å². The Morgan fingerprint density at radius 2 is 1.26 bits per heavy atom. The lowest BCUT2D eigenvalue weighted by Crippen LogP contribution is -2.09. The number of rotatable bonds is 18. The van der Waals surface area contributed by atoms with E-state index in [1.54, 1.807) is 11.8 Å². The Morgan fingerprint density at radius 1 is 0.704 bits per heavy atom. The summed E-state index contributed by atoms with van der Waals surface area (Å²) in [6.07, 6.45) is 18.4. The largest absolute Gasteiger partial charge is 0.368 e. The first kappa shape index (κ1) is 24.0. The number of nitrogens with zero attached hydrogens (tertiary/aromatic N) is 3. The van der Waals surface area contributed by atoms with Crippen molar-refractivity contribution in [3.63, 3.8) is 0 Å². The molecule has 0 fully saturated rings. The Bertz CT molecular complexity index is 470. The number of anilines is 2. The quantitative estimate of drug-likeness (QED) is 0.219. The second-order valence-corrected chi connectivity index (χ2v) is 8.38. The molecule has 1 aromatic heterocycles. The van der Waals surface area contributed by atoms with Gasteiger partial charge >= 0.3 is 0 Å². The van der Waals surface area contributed by atoms with E-state index in [9.17, 15) is 0 Å². The van der Waals surface area contributed by atoms with Gasteiger partial charge in [-0.15, -0.1) is 0 Å². The molecule has 5 nitrogen and oxygen atoms in total. The Morgan fingerprint density at radius 3 is 1.89 bits per heavy atom. The van der Waals surface area contributed by atoms with Crippen molar-refractivity contribution in [3.05, 3.63) is 0 Å². The first-order chi connectivity index (χ1) is 13.3. The normalized spacial score (nSPS) is 11.0. The van der Waals surface area contributed by atoms with Crippen LogP contribution in [0.3, 0.4) is 0 Å². The standard InChI is InChI=1S/C21H41N5S/c1-3-5-7-9-11-12-14-16-18-27-21-25-19(22)24-20(26-21)23-17-15-13-10-8-6-4-2/h3-18H2,1-2H3,(H3,22,23,24,25,26). The van der Waals surface area contributed by atoms with Crippen molar-refractivity contribution in [2.45, 2.75) is 109 Å². The summed E-state index contributed by atoms with van der Waals surface area (Å²) in [5.74, 6) is 1.98. The highest BCUT2D eigenvalue weighted by atomic mass is 32.2. The van der Waals surface area contributed by atoms with Crippen LogP contribution in [0, 0.1) is 0 Å². The number of nitrogens with two attached hydrogens (primary N) is 1. The number of thioether (sulfide) groups is 1. The molecule has 0 aromatic carbocycles. The van der Waals surface area contributed by atoms with E-state index in [0.717, 1.165) is 23.9 Å².